The third kappa shape index (κ3) is 5.94. The van der Waals surface area contributed by atoms with E-state index in [0.29, 0.717) is 19.0 Å². The van der Waals surface area contributed by atoms with Crippen LogP contribution >= 0.6 is 12.4 Å². The minimum Gasteiger partial charge on any atom is -0.338 e. The number of nitrogens with one attached hydrogen (secondary N) is 3. The Bertz CT molecular complexity index is 389. The van der Waals surface area contributed by atoms with Crippen molar-refractivity contribution in [1.29, 1.82) is 0 Å². The van der Waals surface area contributed by atoms with Crippen LogP contribution in [0.25, 0.3) is 0 Å². The van der Waals surface area contributed by atoms with E-state index < -0.39 is 0 Å². The standard InChI is InChI=1S/C16H30N4O2.ClH/c1-13(2)10-18-15(22)19-14(21)11-20-9-8-17-12-16(20)6-4-3-5-7-16;/h13,17H,3-12H2,1-2H3,(H2,18,19,21,22);1H. The summed E-state index contributed by atoms with van der Waals surface area (Å²) in [5, 5.41) is 8.64. The molecule has 2 fully saturated rings. The molecule has 1 spiro atoms. The summed E-state index contributed by atoms with van der Waals surface area (Å²) in [5.74, 6) is 0.174. The van der Waals surface area contributed by atoms with E-state index in [9.17, 15) is 9.59 Å². The van der Waals surface area contributed by atoms with Gasteiger partial charge in [-0.05, 0) is 18.8 Å². The van der Waals surface area contributed by atoms with Crippen LogP contribution in [0.3, 0.4) is 0 Å². The van der Waals surface area contributed by atoms with Gasteiger partial charge in [-0.1, -0.05) is 33.1 Å². The van der Waals surface area contributed by atoms with Crippen molar-refractivity contribution in [2.45, 2.75) is 51.5 Å². The zero-order valence-corrected chi connectivity index (χ0v) is 15.1. The molecular formula is C16H31ClN4O2. The molecule has 0 aromatic carbocycles. The highest BCUT2D eigenvalue weighted by molar-refractivity contribution is 5.95. The summed E-state index contributed by atoms with van der Waals surface area (Å²) in [5.41, 5.74) is 0.113. The first-order valence-electron chi connectivity index (χ1n) is 8.55. The number of piperazine rings is 1. The highest BCUT2D eigenvalue weighted by Gasteiger charge is 2.40. The molecule has 1 saturated heterocycles. The van der Waals surface area contributed by atoms with Crippen molar-refractivity contribution in [3.05, 3.63) is 0 Å². The molecule has 2 rings (SSSR count). The molecule has 0 aromatic rings. The summed E-state index contributed by atoms with van der Waals surface area (Å²) in [6.07, 6.45) is 6.04. The first kappa shape index (κ1) is 20.2. The quantitative estimate of drug-likeness (QED) is 0.721. The number of rotatable bonds is 4. The summed E-state index contributed by atoms with van der Waals surface area (Å²) < 4.78 is 0. The fourth-order valence-electron chi connectivity index (χ4n) is 3.51. The molecule has 1 saturated carbocycles. The van der Waals surface area contributed by atoms with Crippen LogP contribution in [-0.4, -0.2) is 55.1 Å². The van der Waals surface area contributed by atoms with Gasteiger partial charge in [-0.3, -0.25) is 15.0 Å². The summed E-state index contributed by atoms with van der Waals surface area (Å²) >= 11 is 0. The Morgan fingerprint density at radius 1 is 1.22 bits per heavy atom. The van der Waals surface area contributed by atoms with Gasteiger partial charge in [0.2, 0.25) is 5.91 Å². The van der Waals surface area contributed by atoms with Gasteiger partial charge in [0, 0.05) is 31.7 Å². The normalized spacial score (nSPS) is 20.8. The van der Waals surface area contributed by atoms with Crippen molar-refractivity contribution < 1.29 is 9.59 Å². The Balaban J connectivity index is 0.00000264. The molecule has 0 radical (unpaired) electrons. The van der Waals surface area contributed by atoms with E-state index in [0.717, 1.165) is 32.5 Å². The van der Waals surface area contributed by atoms with Crippen molar-refractivity contribution in [1.82, 2.24) is 20.9 Å². The number of hydrogen-bond acceptors (Lipinski definition) is 4. The van der Waals surface area contributed by atoms with Gasteiger partial charge in [-0.25, -0.2) is 4.79 Å². The molecule has 7 heteroatoms. The average Bonchev–Trinajstić information content (AvgIpc) is 2.48. The Morgan fingerprint density at radius 2 is 1.91 bits per heavy atom. The van der Waals surface area contributed by atoms with Crippen molar-refractivity contribution in [3.63, 3.8) is 0 Å². The second-order valence-electron chi connectivity index (χ2n) is 7.04. The summed E-state index contributed by atoms with van der Waals surface area (Å²) in [6, 6.07) is -0.383. The molecule has 6 nitrogen and oxygen atoms in total. The maximum Gasteiger partial charge on any atom is 0.321 e. The molecule has 1 aliphatic heterocycles. The molecule has 0 aromatic heterocycles. The molecule has 3 amide bonds. The lowest BCUT2D eigenvalue weighted by Gasteiger charge is -2.49. The molecule has 1 aliphatic carbocycles. The number of halogens is 1. The minimum absolute atomic E-state index is 0. The Labute approximate surface area is 145 Å². The number of imide groups is 1. The van der Waals surface area contributed by atoms with Gasteiger partial charge in [0.1, 0.15) is 0 Å². The maximum atomic E-state index is 12.2. The van der Waals surface area contributed by atoms with Gasteiger partial charge in [0.25, 0.3) is 0 Å². The third-order valence-corrected chi connectivity index (χ3v) is 4.73. The van der Waals surface area contributed by atoms with E-state index in [4.69, 9.17) is 0 Å². The molecule has 1 heterocycles. The van der Waals surface area contributed by atoms with Crippen molar-refractivity contribution in [2.75, 3.05) is 32.7 Å². The second-order valence-corrected chi connectivity index (χ2v) is 7.04. The predicted molar refractivity (Wildman–Crippen MR) is 93.9 cm³/mol. The van der Waals surface area contributed by atoms with Gasteiger partial charge in [0.15, 0.2) is 0 Å². The number of carbonyl (C=O) groups is 2. The molecule has 2 aliphatic rings. The Morgan fingerprint density at radius 3 is 2.57 bits per heavy atom. The first-order chi connectivity index (χ1) is 10.5. The zero-order chi connectivity index (χ0) is 16.0. The molecule has 23 heavy (non-hydrogen) atoms. The molecule has 3 N–H and O–H groups in total. The summed E-state index contributed by atoms with van der Waals surface area (Å²) in [6.45, 7) is 7.69. The van der Waals surface area contributed by atoms with E-state index in [1.54, 1.807) is 0 Å². The van der Waals surface area contributed by atoms with Gasteiger partial charge in [0.05, 0.1) is 6.54 Å². The van der Waals surface area contributed by atoms with Gasteiger partial charge in [-0.2, -0.15) is 0 Å². The van der Waals surface area contributed by atoms with Crippen molar-refractivity contribution in [3.8, 4) is 0 Å². The van der Waals surface area contributed by atoms with Crippen LogP contribution in [0.1, 0.15) is 46.0 Å². The molecule has 0 atom stereocenters. The summed E-state index contributed by atoms with van der Waals surface area (Å²) in [7, 11) is 0. The summed E-state index contributed by atoms with van der Waals surface area (Å²) in [4.78, 5) is 26.1. The van der Waals surface area contributed by atoms with Crippen LogP contribution in [-0.2, 0) is 4.79 Å². The van der Waals surface area contributed by atoms with E-state index in [2.05, 4.69) is 20.9 Å². The van der Waals surface area contributed by atoms with Crippen LogP contribution < -0.4 is 16.0 Å². The van der Waals surface area contributed by atoms with E-state index in [1.165, 1.54) is 19.3 Å². The van der Waals surface area contributed by atoms with Crippen LogP contribution in [0.15, 0.2) is 0 Å². The fourth-order valence-corrected chi connectivity index (χ4v) is 3.51. The largest absolute Gasteiger partial charge is 0.338 e. The number of amides is 3. The Hall–Kier alpha value is -0.850. The van der Waals surface area contributed by atoms with E-state index in [1.807, 2.05) is 13.8 Å². The molecular weight excluding hydrogens is 316 g/mol. The Kier molecular flexibility index (Phi) is 8.29. The fraction of sp³-hybridized carbons (Fsp3) is 0.875. The number of nitrogens with zero attached hydrogens (tertiary/aromatic N) is 1. The lowest BCUT2D eigenvalue weighted by molar-refractivity contribution is -0.123. The lowest BCUT2D eigenvalue weighted by Crippen LogP contribution is -2.63. The maximum absolute atomic E-state index is 12.2. The minimum atomic E-state index is -0.383. The zero-order valence-electron chi connectivity index (χ0n) is 14.3. The van der Waals surface area contributed by atoms with Crippen LogP contribution in [0.2, 0.25) is 0 Å². The SMILES string of the molecule is CC(C)CNC(=O)NC(=O)CN1CCNCC12CCCCC2.Cl. The van der Waals surface area contributed by atoms with E-state index in [-0.39, 0.29) is 29.9 Å². The van der Waals surface area contributed by atoms with Gasteiger partial charge < -0.3 is 10.6 Å². The number of carbonyl (C=O) groups excluding carboxylic acids is 2. The topological polar surface area (TPSA) is 73.5 Å². The molecule has 0 unspecified atom stereocenters. The first-order valence-corrected chi connectivity index (χ1v) is 8.55. The third-order valence-electron chi connectivity index (χ3n) is 4.73. The van der Waals surface area contributed by atoms with Crippen molar-refractivity contribution >= 4 is 24.3 Å². The molecule has 134 valence electrons. The average molecular weight is 347 g/mol. The van der Waals surface area contributed by atoms with E-state index >= 15 is 0 Å². The number of hydrogen-bond donors (Lipinski definition) is 3. The highest BCUT2D eigenvalue weighted by atomic mass is 35.5. The molecule has 0 bridgehead atoms. The smallest absolute Gasteiger partial charge is 0.321 e. The lowest BCUT2D eigenvalue weighted by atomic mass is 9.79. The second kappa shape index (κ2) is 9.45. The van der Waals surface area contributed by atoms with Crippen molar-refractivity contribution in [2.24, 2.45) is 5.92 Å². The number of urea groups is 1. The van der Waals surface area contributed by atoms with Crippen LogP contribution in [0.4, 0.5) is 4.79 Å². The van der Waals surface area contributed by atoms with Crippen LogP contribution in [0, 0.1) is 5.92 Å². The van der Waals surface area contributed by atoms with Gasteiger partial charge >= 0.3 is 6.03 Å². The predicted octanol–water partition coefficient (Wildman–Crippen LogP) is 1.50. The van der Waals surface area contributed by atoms with Crippen LogP contribution in [0.5, 0.6) is 0 Å². The monoisotopic (exact) mass is 346 g/mol. The van der Waals surface area contributed by atoms with Gasteiger partial charge in [-0.15, -0.1) is 12.4 Å². The highest BCUT2D eigenvalue weighted by Crippen LogP contribution is 2.34.